The van der Waals surface area contributed by atoms with Gasteiger partial charge in [-0.2, -0.15) is 0 Å². The summed E-state index contributed by atoms with van der Waals surface area (Å²) in [7, 11) is 0. The molecule has 1 aromatic heterocycles. The molecule has 84 valence electrons. The topological polar surface area (TPSA) is 48.4 Å². The maximum Gasteiger partial charge on any atom is 0.125 e. The summed E-state index contributed by atoms with van der Waals surface area (Å²) in [6.45, 7) is 2.19. The SMILES string of the molecule is NCCc1cc(Cl)c(C2CCOCC2)o1. The predicted molar refractivity (Wildman–Crippen MR) is 59.3 cm³/mol. The Labute approximate surface area is 94.5 Å². The van der Waals surface area contributed by atoms with E-state index in [0.717, 1.165) is 49.0 Å². The Hall–Kier alpha value is -0.510. The van der Waals surface area contributed by atoms with Gasteiger partial charge in [-0.1, -0.05) is 11.6 Å². The molecule has 1 aliphatic rings. The van der Waals surface area contributed by atoms with Crippen LogP contribution in [-0.4, -0.2) is 19.8 Å². The molecule has 0 amide bonds. The lowest BCUT2D eigenvalue weighted by Crippen LogP contribution is -2.13. The minimum Gasteiger partial charge on any atom is -0.464 e. The van der Waals surface area contributed by atoms with E-state index in [9.17, 15) is 0 Å². The van der Waals surface area contributed by atoms with E-state index in [-0.39, 0.29) is 0 Å². The molecule has 3 nitrogen and oxygen atoms in total. The van der Waals surface area contributed by atoms with E-state index in [1.54, 1.807) is 0 Å². The highest BCUT2D eigenvalue weighted by molar-refractivity contribution is 6.31. The standard InChI is InChI=1S/C11H16ClNO2/c12-10-7-9(1-4-13)15-11(10)8-2-5-14-6-3-8/h7-8H,1-6,13H2. The number of nitrogens with two attached hydrogens (primary N) is 1. The maximum atomic E-state index is 6.14. The second-order valence-electron chi connectivity index (χ2n) is 3.85. The molecule has 0 aromatic carbocycles. The minimum atomic E-state index is 0.415. The number of hydrogen-bond donors (Lipinski definition) is 1. The molecular formula is C11H16ClNO2. The summed E-state index contributed by atoms with van der Waals surface area (Å²) >= 11 is 6.14. The summed E-state index contributed by atoms with van der Waals surface area (Å²) in [5, 5.41) is 0.741. The Kier molecular flexibility index (Phi) is 3.67. The molecule has 1 saturated heterocycles. The smallest absolute Gasteiger partial charge is 0.125 e. The molecule has 4 heteroatoms. The van der Waals surface area contributed by atoms with E-state index in [0.29, 0.717) is 12.5 Å². The van der Waals surface area contributed by atoms with E-state index in [1.807, 2.05) is 6.07 Å². The van der Waals surface area contributed by atoms with Crippen LogP contribution in [0, 0.1) is 0 Å². The van der Waals surface area contributed by atoms with Crippen molar-refractivity contribution in [1.82, 2.24) is 0 Å². The van der Waals surface area contributed by atoms with Crippen LogP contribution in [0.5, 0.6) is 0 Å². The van der Waals surface area contributed by atoms with Crippen molar-refractivity contribution >= 4 is 11.6 Å². The molecular weight excluding hydrogens is 214 g/mol. The van der Waals surface area contributed by atoms with Gasteiger partial charge < -0.3 is 14.9 Å². The zero-order valence-electron chi connectivity index (χ0n) is 8.67. The van der Waals surface area contributed by atoms with Crippen molar-refractivity contribution in [3.05, 3.63) is 22.6 Å². The van der Waals surface area contributed by atoms with Gasteiger partial charge in [-0.25, -0.2) is 0 Å². The first-order valence-electron chi connectivity index (χ1n) is 5.37. The van der Waals surface area contributed by atoms with Gasteiger partial charge >= 0.3 is 0 Å². The molecule has 0 saturated carbocycles. The second kappa shape index (κ2) is 5.01. The normalized spacial score (nSPS) is 18.3. The fourth-order valence-corrected chi connectivity index (χ4v) is 2.25. The second-order valence-corrected chi connectivity index (χ2v) is 4.26. The first-order chi connectivity index (χ1) is 7.31. The summed E-state index contributed by atoms with van der Waals surface area (Å²) in [5.74, 6) is 2.23. The van der Waals surface area contributed by atoms with Crippen LogP contribution in [0.1, 0.15) is 30.3 Å². The molecule has 2 N–H and O–H groups in total. The van der Waals surface area contributed by atoms with Crippen molar-refractivity contribution in [1.29, 1.82) is 0 Å². The van der Waals surface area contributed by atoms with Gasteiger partial charge in [-0.05, 0) is 25.5 Å². The summed E-state index contributed by atoms with van der Waals surface area (Å²) < 4.78 is 11.0. The Balaban J connectivity index is 2.11. The number of furan rings is 1. The molecule has 0 spiro atoms. The largest absolute Gasteiger partial charge is 0.464 e. The summed E-state index contributed by atoms with van der Waals surface area (Å²) in [6.07, 6.45) is 2.74. The van der Waals surface area contributed by atoms with Crippen LogP contribution in [-0.2, 0) is 11.2 Å². The molecule has 0 bridgehead atoms. The van der Waals surface area contributed by atoms with Crippen molar-refractivity contribution in [2.45, 2.75) is 25.2 Å². The number of rotatable bonds is 3. The van der Waals surface area contributed by atoms with Crippen LogP contribution in [0.2, 0.25) is 5.02 Å². The van der Waals surface area contributed by atoms with Crippen LogP contribution in [0.4, 0.5) is 0 Å². The van der Waals surface area contributed by atoms with Gasteiger partial charge in [-0.15, -0.1) is 0 Å². The fourth-order valence-electron chi connectivity index (χ4n) is 1.94. The highest BCUT2D eigenvalue weighted by Gasteiger charge is 2.22. The van der Waals surface area contributed by atoms with Crippen molar-refractivity contribution in [3.63, 3.8) is 0 Å². The van der Waals surface area contributed by atoms with Gasteiger partial charge in [-0.3, -0.25) is 0 Å². The third-order valence-electron chi connectivity index (χ3n) is 2.75. The van der Waals surface area contributed by atoms with E-state index in [4.69, 9.17) is 26.5 Å². The Morgan fingerprint density at radius 1 is 1.40 bits per heavy atom. The lowest BCUT2D eigenvalue weighted by atomic mass is 9.98. The Morgan fingerprint density at radius 3 is 2.80 bits per heavy atom. The molecule has 0 unspecified atom stereocenters. The summed E-state index contributed by atoms with van der Waals surface area (Å²) in [4.78, 5) is 0. The van der Waals surface area contributed by atoms with Gasteiger partial charge in [0.05, 0.1) is 5.02 Å². The molecule has 15 heavy (non-hydrogen) atoms. The zero-order chi connectivity index (χ0) is 10.7. The third kappa shape index (κ3) is 2.54. The molecule has 0 aliphatic carbocycles. The van der Waals surface area contributed by atoms with Crippen molar-refractivity contribution in [3.8, 4) is 0 Å². The number of ether oxygens (including phenoxy) is 1. The fraction of sp³-hybridized carbons (Fsp3) is 0.636. The minimum absolute atomic E-state index is 0.415. The molecule has 1 aliphatic heterocycles. The number of hydrogen-bond acceptors (Lipinski definition) is 3. The highest BCUT2D eigenvalue weighted by Crippen LogP contribution is 2.34. The van der Waals surface area contributed by atoms with Crippen LogP contribution in [0.25, 0.3) is 0 Å². The molecule has 0 radical (unpaired) electrons. The molecule has 1 fully saturated rings. The van der Waals surface area contributed by atoms with Gasteiger partial charge in [0.15, 0.2) is 0 Å². The molecule has 0 atom stereocenters. The Bertz CT molecular complexity index is 318. The monoisotopic (exact) mass is 229 g/mol. The van der Waals surface area contributed by atoms with Crippen LogP contribution >= 0.6 is 11.6 Å². The lowest BCUT2D eigenvalue weighted by Gasteiger charge is -2.20. The van der Waals surface area contributed by atoms with Gasteiger partial charge in [0.25, 0.3) is 0 Å². The van der Waals surface area contributed by atoms with E-state index >= 15 is 0 Å². The number of halogens is 1. The van der Waals surface area contributed by atoms with E-state index in [2.05, 4.69) is 0 Å². The average Bonchev–Trinajstić information content (AvgIpc) is 2.61. The predicted octanol–water partition coefficient (Wildman–Crippen LogP) is 2.33. The van der Waals surface area contributed by atoms with Gasteiger partial charge in [0, 0.05) is 25.6 Å². The summed E-state index contributed by atoms with van der Waals surface area (Å²) in [6, 6.07) is 1.89. The lowest BCUT2D eigenvalue weighted by molar-refractivity contribution is 0.0804. The van der Waals surface area contributed by atoms with E-state index < -0.39 is 0 Å². The first kappa shape index (κ1) is 11.0. The first-order valence-corrected chi connectivity index (χ1v) is 5.75. The quantitative estimate of drug-likeness (QED) is 0.866. The van der Waals surface area contributed by atoms with Crippen molar-refractivity contribution < 1.29 is 9.15 Å². The third-order valence-corrected chi connectivity index (χ3v) is 3.04. The molecule has 1 aromatic rings. The molecule has 2 heterocycles. The van der Waals surface area contributed by atoms with Crippen LogP contribution in [0.15, 0.2) is 10.5 Å². The Morgan fingerprint density at radius 2 is 2.13 bits per heavy atom. The van der Waals surface area contributed by atoms with Gasteiger partial charge in [0.2, 0.25) is 0 Å². The van der Waals surface area contributed by atoms with Crippen molar-refractivity contribution in [2.75, 3.05) is 19.8 Å². The zero-order valence-corrected chi connectivity index (χ0v) is 9.43. The molecule has 2 rings (SSSR count). The van der Waals surface area contributed by atoms with Gasteiger partial charge in [0.1, 0.15) is 11.5 Å². The van der Waals surface area contributed by atoms with Crippen LogP contribution in [0.3, 0.4) is 0 Å². The highest BCUT2D eigenvalue weighted by atomic mass is 35.5. The maximum absolute atomic E-state index is 6.14. The summed E-state index contributed by atoms with van der Waals surface area (Å²) in [5.41, 5.74) is 5.48. The van der Waals surface area contributed by atoms with E-state index in [1.165, 1.54) is 0 Å². The van der Waals surface area contributed by atoms with Crippen molar-refractivity contribution in [2.24, 2.45) is 5.73 Å². The average molecular weight is 230 g/mol. The van der Waals surface area contributed by atoms with Crippen LogP contribution < -0.4 is 5.73 Å².